The fourth-order valence-corrected chi connectivity index (χ4v) is 2.23. The van der Waals surface area contributed by atoms with Crippen LogP contribution in [0.4, 0.5) is 0 Å². The van der Waals surface area contributed by atoms with Crippen molar-refractivity contribution in [2.24, 2.45) is 0 Å². The molecule has 0 saturated carbocycles. The van der Waals surface area contributed by atoms with E-state index < -0.39 is 0 Å². The zero-order valence-electron chi connectivity index (χ0n) is 13.9. The lowest BCUT2D eigenvalue weighted by molar-refractivity contribution is 0.0950. The number of hydrogen-bond donors (Lipinski definition) is 1. The minimum absolute atomic E-state index is 0. The van der Waals surface area contributed by atoms with Gasteiger partial charge in [-0.05, 0) is 40.8 Å². The second-order valence-corrected chi connectivity index (χ2v) is 6.21. The minimum Gasteiger partial charge on any atom is -0.496 e. The molecule has 0 saturated heterocycles. The zero-order chi connectivity index (χ0) is 16.2. The molecular weight excluding hydrogens is 312 g/mol. The van der Waals surface area contributed by atoms with Gasteiger partial charge >= 0.3 is 0 Å². The molecule has 0 aliphatic carbocycles. The number of rotatable bonds is 4. The average Bonchev–Trinajstić information content (AvgIpc) is 2.52. The van der Waals surface area contributed by atoms with Crippen LogP contribution in [0.3, 0.4) is 0 Å². The lowest BCUT2D eigenvalue weighted by Gasteiger charge is -2.23. The highest BCUT2D eigenvalue weighted by molar-refractivity contribution is 5.93. The molecule has 5 heteroatoms. The van der Waals surface area contributed by atoms with Crippen molar-refractivity contribution < 1.29 is 9.53 Å². The molecule has 23 heavy (non-hydrogen) atoms. The summed E-state index contributed by atoms with van der Waals surface area (Å²) < 4.78 is 5.43. The van der Waals surface area contributed by atoms with Crippen molar-refractivity contribution in [2.45, 2.75) is 32.7 Å². The van der Waals surface area contributed by atoms with Gasteiger partial charge in [0.25, 0.3) is 5.91 Å². The van der Waals surface area contributed by atoms with Crippen molar-refractivity contribution in [1.29, 1.82) is 0 Å². The van der Waals surface area contributed by atoms with Crippen molar-refractivity contribution in [3.8, 4) is 5.75 Å². The van der Waals surface area contributed by atoms with Crippen LogP contribution < -0.4 is 10.1 Å². The molecule has 0 radical (unpaired) electrons. The summed E-state index contributed by atoms with van der Waals surface area (Å²) in [6, 6.07) is 9.50. The highest BCUT2D eigenvalue weighted by Gasteiger charge is 2.19. The van der Waals surface area contributed by atoms with Crippen LogP contribution in [0, 0.1) is 0 Å². The molecule has 4 nitrogen and oxygen atoms in total. The third kappa shape index (κ3) is 4.96. The molecule has 1 aromatic heterocycles. The van der Waals surface area contributed by atoms with E-state index in [9.17, 15) is 4.79 Å². The fraction of sp³-hybridized carbons (Fsp3) is 0.333. The third-order valence-corrected chi connectivity index (χ3v) is 3.45. The fourth-order valence-electron chi connectivity index (χ4n) is 2.23. The first kappa shape index (κ1) is 19.0. The molecule has 1 heterocycles. The molecule has 1 aromatic carbocycles. The van der Waals surface area contributed by atoms with Gasteiger partial charge in [-0.2, -0.15) is 0 Å². The number of hydrogen-bond acceptors (Lipinski definition) is 3. The molecule has 0 spiro atoms. The molecule has 0 aliphatic rings. The Morgan fingerprint density at radius 1 is 1.26 bits per heavy atom. The number of aromatic nitrogens is 1. The molecule has 0 fully saturated rings. The van der Waals surface area contributed by atoms with Gasteiger partial charge in [0, 0.05) is 18.9 Å². The highest BCUT2D eigenvalue weighted by atomic mass is 35.5. The van der Waals surface area contributed by atoms with Crippen LogP contribution in [0.15, 0.2) is 42.7 Å². The van der Waals surface area contributed by atoms with Gasteiger partial charge in [0.05, 0.1) is 12.7 Å². The number of amides is 1. The van der Waals surface area contributed by atoms with Crippen LogP contribution in [-0.4, -0.2) is 18.0 Å². The number of ether oxygens (including phenoxy) is 1. The largest absolute Gasteiger partial charge is 0.496 e. The first-order chi connectivity index (χ1) is 10.4. The first-order valence-corrected chi connectivity index (χ1v) is 7.27. The van der Waals surface area contributed by atoms with E-state index in [1.165, 1.54) is 0 Å². The minimum atomic E-state index is -0.124. The predicted molar refractivity (Wildman–Crippen MR) is 94.3 cm³/mol. The molecule has 1 amide bonds. The van der Waals surface area contributed by atoms with Crippen molar-refractivity contribution in [2.75, 3.05) is 7.11 Å². The molecule has 124 valence electrons. The number of carbonyl (C=O) groups is 1. The van der Waals surface area contributed by atoms with Gasteiger partial charge in [0.15, 0.2) is 0 Å². The van der Waals surface area contributed by atoms with E-state index >= 15 is 0 Å². The summed E-state index contributed by atoms with van der Waals surface area (Å²) in [7, 11) is 1.68. The predicted octanol–water partition coefficient (Wildman–Crippen LogP) is 3.74. The second kappa shape index (κ2) is 7.97. The van der Waals surface area contributed by atoms with E-state index in [1.54, 1.807) is 31.6 Å². The molecule has 0 aliphatic heterocycles. The first-order valence-electron chi connectivity index (χ1n) is 7.27. The van der Waals surface area contributed by atoms with E-state index in [0.29, 0.717) is 12.1 Å². The molecule has 2 aromatic rings. The zero-order valence-corrected chi connectivity index (χ0v) is 14.7. The molecule has 0 unspecified atom stereocenters. The van der Waals surface area contributed by atoms with Crippen LogP contribution in [0.2, 0.25) is 0 Å². The molecule has 1 N–H and O–H groups in total. The Morgan fingerprint density at radius 3 is 2.57 bits per heavy atom. The Balaban J connectivity index is 0.00000264. The number of benzene rings is 1. The number of pyridine rings is 1. The Bertz CT molecular complexity index is 652. The van der Waals surface area contributed by atoms with Gasteiger partial charge in [0.1, 0.15) is 5.75 Å². The Hall–Kier alpha value is -2.07. The van der Waals surface area contributed by atoms with Crippen LogP contribution in [-0.2, 0) is 12.0 Å². The van der Waals surface area contributed by atoms with Gasteiger partial charge in [0.2, 0.25) is 0 Å². The van der Waals surface area contributed by atoms with Crippen LogP contribution in [0.1, 0.15) is 42.3 Å². The van der Waals surface area contributed by atoms with Gasteiger partial charge < -0.3 is 10.1 Å². The summed E-state index contributed by atoms with van der Waals surface area (Å²) in [5.41, 5.74) is 2.72. The normalized spacial score (nSPS) is 10.6. The highest BCUT2D eigenvalue weighted by Crippen LogP contribution is 2.31. The van der Waals surface area contributed by atoms with Crippen molar-refractivity contribution in [1.82, 2.24) is 10.3 Å². The summed E-state index contributed by atoms with van der Waals surface area (Å²) in [6.07, 6.45) is 3.21. The molecule has 0 atom stereocenters. The number of methoxy groups -OCH3 is 1. The summed E-state index contributed by atoms with van der Waals surface area (Å²) in [5.74, 6) is 0.746. The van der Waals surface area contributed by atoms with E-state index in [1.807, 2.05) is 12.1 Å². The Morgan fingerprint density at radius 2 is 2.00 bits per heavy atom. The van der Waals surface area contributed by atoms with Crippen LogP contribution in [0.25, 0.3) is 0 Å². The number of carbonyl (C=O) groups excluding carboxylic acids is 1. The Kier molecular flexibility index (Phi) is 6.58. The molecule has 2 rings (SSSR count). The number of nitrogens with one attached hydrogen (secondary N) is 1. The SMILES string of the molecule is COc1ccc(CNC(=O)c2cccnc2)cc1C(C)(C)C.Cl. The van der Waals surface area contributed by atoms with E-state index in [2.05, 4.69) is 37.1 Å². The van der Waals surface area contributed by atoms with E-state index in [0.717, 1.165) is 16.9 Å². The van der Waals surface area contributed by atoms with Crippen molar-refractivity contribution in [3.63, 3.8) is 0 Å². The topological polar surface area (TPSA) is 51.2 Å². The second-order valence-electron chi connectivity index (χ2n) is 6.21. The maximum absolute atomic E-state index is 12.0. The smallest absolute Gasteiger partial charge is 0.253 e. The lowest BCUT2D eigenvalue weighted by atomic mass is 9.85. The number of halogens is 1. The number of nitrogens with zero attached hydrogens (tertiary/aromatic N) is 1. The van der Waals surface area contributed by atoms with Crippen LogP contribution in [0.5, 0.6) is 5.75 Å². The monoisotopic (exact) mass is 334 g/mol. The Labute approximate surface area is 143 Å². The molecular formula is C18H23ClN2O2. The van der Waals surface area contributed by atoms with Gasteiger partial charge in [-0.3, -0.25) is 9.78 Å². The maximum Gasteiger partial charge on any atom is 0.253 e. The summed E-state index contributed by atoms with van der Waals surface area (Å²) >= 11 is 0. The average molecular weight is 335 g/mol. The molecule has 0 bridgehead atoms. The standard InChI is InChI=1S/C18H22N2O2.ClH/c1-18(2,3)15-10-13(7-8-16(15)22-4)11-20-17(21)14-6-5-9-19-12-14;/h5-10,12H,11H2,1-4H3,(H,20,21);1H. The van der Waals surface area contributed by atoms with Crippen LogP contribution >= 0.6 is 12.4 Å². The van der Waals surface area contributed by atoms with Gasteiger partial charge in [-0.25, -0.2) is 0 Å². The summed E-state index contributed by atoms with van der Waals surface area (Å²) in [6.45, 7) is 6.90. The summed E-state index contributed by atoms with van der Waals surface area (Å²) in [5, 5.41) is 2.91. The van der Waals surface area contributed by atoms with Gasteiger partial charge in [-0.15, -0.1) is 12.4 Å². The van der Waals surface area contributed by atoms with E-state index in [4.69, 9.17) is 4.74 Å². The van der Waals surface area contributed by atoms with Crippen molar-refractivity contribution in [3.05, 3.63) is 59.4 Å². The quantitative estimate of drug-likeness (QED) is 0.926. The van der Waals surface area contributed by atoms with E-state index in [-0.39, 0.29) is 23.7 Å². The third-order valence-electron chi connectivity index (χ3n) is 3.45. The maximum atomic E-state index is 12.0. The lowest BCUT2D eigenvalue weighted by Crippen LogP contribution is -2.23. The summed E-state index contributed by atoms with van der Waals surface area (Å²) in [4.78, 5) is 16.0. The van der Waals surface area contributed by atoms with Gasteiger partial charge in [-0.1, -0.05) is 26.8 Å². The van der Waals surface area contributed by atoms with Crippen molar-refractivity contribution >= 4 is 18.3 Å².